The van der Waals surface area contributed by atoms with E-state index in [4.69, 9.17) is 4.42 Å². The summed E-state index contributed by atoms with van der Waals surface area (Å²) in [6.45, 7) is 0. The molecule has 10 aromatic rings. The van der Waals surface area contributed by atoms with Gasteiger partial charge in [0, 0.05) is 38.0 Å². The Morgan fingerprint density at radius 1 is 0.500 bits per heavy atom. The average Bonchev–Trinajstić information content (AvgIpc) is 3.91. The molecule has 11 rings (SSSR count). The second-order valence-corrected chi connectivity index (χ2v) is 13.1. The molecule has 0 saturated heterocycles. The van der Waals surface area contributed by atoms with E-state index in [1.165, 1.54) is 0 Å². The maximum absolute atomic E-state index is 13.4. The molecule has 52 heavy (non-hydrogen) atoms. The third-order valence-corrected chi connectivity index (χ3v) is 10.5. The Bertz CT molecular complexity index is 3230. The summed E-state index contributed by atoms with van der Waals surface area (Å²) < 4.78 is 10.6. The van der Waals surface area contributed by atoms with Crippen molar-refractivity contribution >= 4 is 83.1 Å². The van der Waals surface area contributed by atoms with E-state index in [9.17, 15) is 14.9 Å². The van der Waals surface area contributed by atoms with Crippen molar-refractivity contribution in [2.75, 3.05) is 4.90 Å². The molecule has 0 bridgehead atoms. The lowest BCUT2D eigenvalue weighted by Gasteiger charge is -2.17. The molecule has 7 nitrogen and oxygen atoms in total. The first-order valence-corrected chi connectivity index (χ1v) is 17.0. The monoisotopic (exact) mass is 668 g/mol. The topological polar surface area (TPSA) is 84.2 Å². The number of fused-ring (bicyclic) bond motifs is 11. The van der Waals surface area contributed by atoms with Crippen LogP contribution < -0.4 is 4.90 Å². The molecule has 0 unspecified atom stereocenters. The van der Waals surface area contributed by atoms with Crippen LogP contribution in [0, 0.1) is 11.3 Å². The Kier molecular flexibility index (Phi) is 5.63. The van der Waals surface area contributed by atoms with E-state index in [1.54, 1.807) is 36.4 Å². The largest absolute Gasteiger partial charge is 0.456 e. The van der Waals surface area contributed by atoms with Crippen LogP contribution in [0.15, 0.2) is 150 Å². The third kappa shape index (κ3) is 3.67. The van der Waals surface area contributed by atoms with Crippen LogP contribution in [0.3, 0.4) is 0 Å². The van der Waals surface area contributed by atoms with Gasteiger partial charge in [0.15, 0.2) is 0 Å². The van der Waals surface area contributed by atoms with Crippen molar-refractivity contribution in [3.05, 3.63) is 162 Å². The SMILES string of the molecule is N#Cc1cc(N2C(=O)c3ccccc3C2=O)ccc1-n1c2ccccc2c2ccc3c(c4ccccc4n3-c3ccc4oc5ccccc5c4c3)c21. The van der Waals surface area contributed by atoms with Gasteiger partial charge in [-0.1, -0.05) is 72.8 Å². The highest BCUT2D eigenvalue weighted by Gasteiger charge is 2.36. The summed E-state index contributed by atoms with van der Waals surface area (Å²) in [7, 11) is 0. The molecule has 0 radical (unpaired) electrons. The third-order valence-electron chi connectivity index (χ3n) is 10.5. The van der Waals surface area contributed by atoms with Crippen LogP contribution >= 0.6 is 0 Å². The first kappa shape index (κ1) is 28.4. The first-order chi connectivity index (χ1) is 25.6. The maximum Gasteiger partial charge on any atom is 0.266 e. The van der Waals surface area contributed by atoms with Crippen molar-refractivity contribution in [3.8, 4) is 17.4 Å². The molecule has 0 aliphatic carbocycles. The molecule has 0 atom stereocenters. The molecule has 0 fully saturated rings. The quantitative estimate of drug-likeness (QED) is 0.175. The van der Waals surface area contributed by atoms with Crippen molar-refractivity contribution in [1.82, 2.24) is 9.13 Å². The Morgan fingerprint density at radius 3 is 1.90 bits per heavy atom. The molecular formula is C45H24N4O3. The molecule has 3 aromatic heterocycles. The van der Waals surface area contributed by atoms with Gasteiger partial charge in [-0.05, 0) is 72.8 Å². The van der Waals surface area contributed by atoms with E-state index < -0.39 is 11.8 Å². The van der Waals surface area contributed by atoms with Gasteiger partial charge in [-0.3, -0.25) is 9.59 Å². The number of nitrogens with zero attached hydrogens (tertiary/aromatic N) is 4. The summed E-state index contributed by atoms with van der Waals surface area (Å²) in [6.07, 6.45) is 0. The van der Waals surface area contributed by atoms with Crippen LogP contribution in [0.1, 0.15) is 26.3 Å². The predicted octanol–water partition coefficient (Wildman–Crippen LogP) is 10.5. The minimum absolute atomic E-state index is 0.342. The highest BCUT2D eigenvalue weighted by molar-refractivity contribution is 6.34. The number of furan rings is 1. The van der Waals surface area contributed by atoms with E-state index in [0.717, 1.165) is 76.1 Å². The van der Waals surface area contributed by atoms with E-state index in [2.05, 4.69) is 81.9 Å². The minimum Gasteiger partial charge on any atom is -0.456 e. The number of rotatable bonds is 3. The van der Waals surface area contributed by atoms with Gasteiger partial charge < -0.3 is 13.6 Å². The van der Waals surface area contributed by atoms with Gasteiger partial charge in [0.1, 0.15) is 17.2 Å². The zero-order valence-electron chi connectivity index (χ0n) is 27.4. The summed E-state index contributed by atoms with van der Waals surface area (Å²) in [5, 5.41) is 17.0. The smallest absolute Gasteiger partial charge is 0.266 e. The van der Waals surface area contributed by atoms with E-state index in [1.807, 2.05) is 42.5 Å². The van der Waals surface area contributed by atoms with Crippen molar-refractivity contribution in [2.24, 2.45) is 0 Å². The minimum atomic E-state index is -0.398. The number of para-hydroxylation sites is 3. The lowest BCUT2D eigenvalue weighted by atomic mass is 10.1. The lowest BCUT2D eigenvalue weighted by molar-refractivity contribution is 0.0926. The van der Waals surface area contributed by atoms with Gasteiger partial charge in [-0.2, -0.15) is 5.26 Å². The fraction of sp³-hybridized carbons (Fsp3) is 0. The second kappa shape index (κ2) is 10.3. The number of carbonyl (C=O) groups is 2. The van der Waals surface area contributed by atoms with Gasteiger partial charge in [0.05, 0.1) is 50.1 Å². The lowest BCUT2D eigenvalue weighted by Crippen LogP contribution is -2.29. The molecule has 0 spiro atoms. The van der Waals surface area contributed by atoms with Crippen LogP contribution in [-0.2, 0) is 0 Å². The Morgan fingerprint density at radius 2 is 1.13 bits per heavy atom. The van der Waals surface area contributed by atoms with E-state index >= 15 is 0 Å². The summed E-state index contributed by atoms with van der Waals surface area (Å²) in [4.78, 5) is 27.9. The van der Waals surface area contributed by atoms with Crippen molar-refractivity contribution in [2.45, 2.75) is 0 Å². The van der Waals surface area contributed by atoms with Crippen LogP contribution in [-0.4, -0.2) is 20.9 Å². The summed E-state index contributed by atoms with van der Waals surface area (Å²) in [5.41, 5.74) is 8.75. The van der Waals surface area contributed by atoms with E-state index in [-0.39, 0.29) is 0 Å². The second-order valence-electron chi connectivity index (χ2n) is 13.1. The number of aromatic nitrogens is 2. The Labute approximate surface area is 295 Å². The van der Waals surface area contributed by atoms with Crippen molar-refractivity contribution in [3.63, 3.8) is 0 Å². The van der Waals surface area contributed by atoms with Crippen LogP contribution in [0.25, 0.3) is 76.9 Å². The van der Waals surface area contributed by atoms with Crippen molar-refractivity contribution in [1.29, 1.82) is 5.26 Å². The summed E-state index contributed by atoms with van der Waals surface area (Å²) in [5.74, 6) is -0.796. The number of amides is 2. The highest BCUT2D eigenvalue weighted by atomic mass is 16.3. The maximum atomic E-state index is 13.4. The number of anilines is 1. The van der Waals surface area contributed by atoms with Crippen molar-refractivity contribution < 1.29 is 14.0 Å². The van der Waals surface area contributed by atoms with Gasteiger partial charge in [0.2, 0.25) is 0 Å². The number of hydrogen-bond donors (Lipinski definition) is 0. The van der Waals surface area contributed by atoms with Crippen LogP contribution in [0.4, 0.5) is 5.69 Å². The van der Waals surface area contributed by atoms with Gasteiger partial charge in [-0.15, -0.1) is 0 Å². The summed E-state index contributed by atoms with van der Waals surface area (Å²) in [6, 6.07) is 49.8. The number of carbonyl (C=O) groups excluding carboxylic acids is 2. The average molecular weight is 669 g/mol. The molecule has 1 aliphatic rings. The molecule has 2 amide bonds. The fourth-order valence-electron chi connectivity index (χ4n) is 8.26. The zero-order chi connectivity index (χ0) is 34.7. The predicted molar refractivity (Wildman–Crippen MR) is 205 cm³/mol. The molecule has 7 aromatic carbocycles. The van der Waals surface area contributed by atoms with Crippen LogP contribution in [0.2, 0.25) is 0 Å². The number of hydrogen-bond acceptors (Lipinski definition) is 4. The Balaban J connectivity index is 1.19. The fourth-order valence-corrected chi connectivity index (χ4v) is 8.26. The van der Waals surface area contributed by atoms with Crippen LogP contribution in [0.5, 0.6) is 0 Å². The zero-order valence-corrected chi connectivity index (χ0v) is 27.4. The standard InChI is InChI=1S/C45H24N4O3/c46-25-26-23-27(48-44(50)32-11-1-2-12-33(32)45(48)51)17-20-36(26)49-37-14-6-3-9-29(37)31-19-21-39-42(43(31)49)34-13-4-7-15-38(34)47(39)28-18-22-41-35(24-28)30-10-5-8-16-40(30)52-41/h1-24H. The molecule has 7 heteroatoms. The number of benzene rings is 7. The van der Waals surface area contributed by atoms with Gasteiger partial charge >= 0.3 is 0 Å². The normalized spacial score (nSPS) is 13.0. The highest BCUT2D eigenvalue weighted by Crippen LogP contribution is 2.43. The Hall–Kier alpha value is -7.43. The molecule has 0 saturated carbocycles. The van der Waals surface area contributed by atoms with Gasteiger partial charge in [-0.25, -0.2) is 4.90 Å². The molecule has 242 valence electrons. The molecule has 0 N–H and O–H groups in total. The number of imide groups is 1. The molecule has 4 heterocycles. The summed E-state index contributed by atoms with van der Waals surface area (Å²) >= 11 is 0. The van der Waals surface area contributed by atoms with Gasteiger partial charge in [0.25, 0.3) is 11.8 Å². The van der Waals surface area contributed by atoms with E-state index in [0.29, 0.717) is 28.1 Å². The molecular weight excluding hydrogens is 645 g/mol. The molecule has 1 aliphatic heterocycles. The number of nitriles is 1. The first-order valence-electron chi connectivity index (χ1n) is 17.0.